The van der Waals surface area contributed by atoms with Crippen molar-refractivity contribution in [2.24, 2.45) is 5.92 Å². The Hall–Kier alpha value is -3.70. The average Bonchev–Trinajstić information content (AvgIpc) is 3.33. The van der Waals surface area contributed by atoms with Gasteiger partial charge in [-0.1, -0.05) is 0 Å². The lowest BCUT2D eigenvalue weighted by atomic mass is 10.2. The molecule has 0 radical (unpaired) electrons. The number of carbonyl (C=O) groups excluding carboxylic acids is 1. The van der Waals surface area contributed by atoms with Crippen molar-refractivity contribution >= 4 is 17.7 Å². The molecule has 31 heavy (non-hydrogen) atoms. The first-order valence-corrected chi connectivity index (χ1v) is 9.27. The molecule has 166 valence electrons. The number of H-pyrrole nitrogens is 1. The average molecular weight is 438 g/mol. The molecule has 1 aromatic heterocycles. The van der Waals surface area contributed by atoms with Crippen molar-refractivity contribution in [3.63, 3.8) is 0 Å². The first kappa shape index (κ1) is 22.0. The molecule has 4 N–H and O–H groups in total. The van der Waals surface area contributed by atoms with Gasteiger partial charge in [-0.2, -0.15) is 0 Å². The molecular weight excluding hydrogens is 418 g/mol. The summed E-state index contributed by atoms with van der Waals surface area (Å²) in [5.41, 5.74) is -0.565. The van der Waals surface area contributed by atoms with E-state index in [1.54, 1.807) is 6.92 Å². The van der Waals surface area contributed by atoms with Gasteiger partial charge in [0, 0.05) is 12.0 Å². The lowest BCUT2D eigenvalue weighted by molar-refractivity contribution is 0.0856. The Labute approximate surface area is 174 Å². The summed E-state index contributed by atoms with van der Waals surface area (Å²) in [5.74, 6) is -3.67. The third kappa shape index (κ3) is 6.14. The highest BCUT2D eigenvalue weighted by atomic mass is 19.3. The number of carbonyl (C=O) groups is 2. The summed E-state index contributed by atoms with van der Waals surface area (Å²) in [6.07, 6.45) is -0.285. The minimum Gasteiger partial charge on any atom is -0.493 e. The van der Waals surface area contributed by atoms with Crippen molar-refractivity contribution in [2.45, 2.75) is 25.3 Å². The van der Waals surface area contributed by atoms with Crippen LogP contribution in [-0.2, 0) is 0 Å². The zero-order valence-corrected chi connectivity index (χ0v) is 16.4. The molecule has 1 fully saturated rings. The Morgan fingerprint density at radius 3 is 2.58 bits per heavy atom. The summed E-state index contributed by atoms with van der Waals surface area (Å²) in [5, 5.41) is 13.2. The van der Waals surface area contributed by atoms with Crippen LogP contribution in [0.25, 0.3) is 0 Å². The van der Waals surface area contributed by atoms with Gasteiger partial charge in [-0.05, 0) is 31.2 Å². The molecule has 0 saturated heterocycles. The van der Waals surface area contributed by atoms with Crippen LogP contribution >= 0.6 is 0 Å². The first-order valence-electron chi connectivity index (χ1n) is 9.27. The van der Waals surface area contributed by atoms with Gasteiger partial charge in [-0.3, -0.25) is 14.6 Å². The fraction of sp³-hybridized carbons (Fsp3) is 0.368. The number of halogens is 2. The quantitative estimate of drug-likeness (QED) is 0.469. The van der Waals surface area contributed by atoms with Crippen molar-refractivity contribution in [1.82, 2.24) is 15.3 Å². The first-order chi connectivity index (χ1) is 14.6. The number of anilines is 1. The van der Waals surface area contributed by atoms with Crippen LogP contribution in [0.5, 0.6) is 11.8 Å². The third-order valence-electron chi connectivity index (χ3n) is 4.39. The highest BCUT2D eigenvalue weighted by molar-refractivity contribution is 6.04. The van der Waals surface area contributed by atoms with E-state index in [4.69, 9.17) is 14.6 Å². The lowest BCUT2D eigenvalue weighted by Gasteiger charge is -2.12. The van der Waals surface area contributed by atoms with E-state index in [1.165, 1.54) is 24.3 Å². The SMILES string of the molecule is C[C@@H](COc1ncc(NC(=O)c2ccc(OCC3CC3(F)F)cc2)c(=O)[nH]1)NC(=O)O. The highest BCUT2D eigenvalue weighted by Gasteiger charge is 2.57. The monoisotopic (exact) mass is 438 g/mol. The molecule has 3 rings (SSSR count). The predicted octanol–water partition coefficient (Wildman–Crippen LogP) is 2.09. The largest absolute Gasteiger partial charge is 0.493 e. The number of ether oxygens (including phenoxy) is 2. The fourth-order valence-electron chi connectivity index (χ4n) is 2.54. The Bertz CT molecular complexity index is 1010. The van der Waals surface area contributed by atoms with Gasteiger partial charge in [0.1, 0.15) is 18.0 Å². The van der Waals surface area contributed by atoms with Gasteiger partial charge in [-0.25, -0.2) is 18.6 Å². The second kappa shape index (κ2) is 8.98. The maximum atomic E-state index is 12.9. The van der Waals surface area contributed by atoms with E-state index in [0.717, 1.165) is 6.20 Å². The van der Waals surface area contributed by atoms with Crippen LogP contribution in [-0.4, -0.2) is 52.3 Å². The number of alkyl halides is 2. The van der Waals surface area contributed by atoms with E-state index < -0.39 is 35.4 Å². The third-order valence-corrected chi connectivity index (χ3v) is 4.39. The number of nitrogens with zero attached hydrogens (tertiary/aromatic N) is 1. The zero-order valence-electron chi connectivity index (χ0n) is 16.4. The maximum absolute atomic E-state index is 12.9. The van der Waals surface area contributed by atoms with Crippen LogP contribution < -0.4 is 25.7 Å². The van der Waals surface area contributed by atoms with E-state index in [2.05, 4.69) is 20.6 Å². The lowest BCUT2D eigenvalue weighted by Crippen LogP contribution is -2.36. The second-order valence-corrected chi connectivity index (χ2v) is 7.04. The predicted molar refractivity (Wildman–Crippen MR) is 104 cm³/mol. The Balaban J connectivity index is 1.52. The summed E-state index contributed by atoms with van der Waals surface area (Å²) < 4.78 is 36.2. The Kier molecular flexibility index (Phi) is 6.37. The van der Waals surface area contributed by atoms with Gasteiger partial charge in [0.2, 0.25) is 0 Å². The molecule has 1 aliphatic carbocycles. The van der Waals surface area contributed by atoms with Crippen molar-refractivity contribution in [1.29, 1.82) is 0 Å². The molecule has 1 aromatic carbocycles. The molecule has 12 heteroatoms. The number of aromatic nitrogens is 2. The molecule has 1 heterocycles. The van der Waals surface area contributed by atoms with Crippen molar-refractivity contribution in [3.8, 4) is 11.8 Å². The number of amides is 2. The number of hydrogen-bond acceptors (Lipinski definition) is 6. The van der Waals surface area contributed by atoms with E-state index in [1.807, 2.05) is 0 Å². The Morgan fingerprint density at radius 2 is 2.00 bits per heavy atom. The van der Waals surface area contributed by atoms with Gasteiger partial charge >= 0.3 is 6.09 Å². The van der Waals surface area contributed by atoms with Crippen molar-refractivity contribution in [2.75, 3.05) is 18.5 Å². The molecule has 2 aromatic rings. The number of benzene rings is 1. The molecule has 1 aliphatic rings. The maximum Gasteiger partial charge on any atom is 0.404 e. The summed E-state index contributed by atoms with van der Waals surface area (Å²) in [6.45, 7) is 1.41. The number of carboxylic acid groups (broad SMARTS) is 1. The van der Waals surface area contributed by atoms with Gasteiger partial charge in [0.15, 0.2) is 0 Å². The summed E-state index contributed by atoms with van der Waals surface area (Å²) >= 11 is 0. The molecule has 1 saturated carbocycles. The molecular formula is C19H20F2N4O6. The molecule has 2 atom stereocenters. The smallest absolute Gasteiger partial charge is 0.404 e. The standard InChI is InChI=1S/C19H20F2N4O6/c1-10(23-18(28)29)8-31-17-22-7-14(16(27)25-17)24-15(26)11-2-4-13(5-3-11)30-9-12-6-19(12,20)21/h2-5,7,10,12,23H,6,8-9H2,1H3,(H,24,26)(H,28,29)(H,22,25,27)/t10-,12?/m0/s1. The molecule has 0 bridgehead atoms. The number of nitrogens with one attached hydrogen (secondary N) is 3. The molecule has 0 spiro atoms. The van der Waals surface area contributed by atoms with Crippen LogP contribution in [0.2, 0.25) is 0 Å². The molecule has 0 aliphatic heterocycles. The van der Waals surface area contributed by atoms with Crippen molar-refractivity contribution < 1.29 is 33.0 Å². The van der Waals surface area contributed by atoms with Crippen LogP contribution in [0.15, 0.2) is 35.3 Å². The van der Waals surface area contributed by atoms with E-state index in [-0.39, 0.29) is 36.9 Å². The topological polar surface area (TPSA) is 143 Å². The Morgan fingerprint density at radius 1 is 1.32 bits per heavy atom. The molecule has 1 unspecified atom stereocenters. The summed E-state index contributed by atoms with van der Waals surface area (Å²) in [4.78, 5) is 41.1. The second-order valence-electron chi connectivity index (χ2n) is 7.04. The summed E-state index contributed by atoms with van der Waals surface area (Å²) in [7, 11) is 0. The summed E-state index contributed by atoms with van der Waals surface area (Å²) in [6, 6.07) is 5.15. The van der Waals surface area contributed by atoms with Gasteiger partial charge in [0.05, 0.1) is 24.8 Å². The van der Waals surface area contributed by atoms with Crippen LogP contribution in [0.4, 0.5) is 19.3 Å². The normalized spacial score (nSPS) is 17.3. The van der Waals surface area contributed by atoms with Gasteiger partial charge in [-0.15, -0.1) is 0 Å². The minimum atomic E-state index is -2.66. The number of hydrogen-bond donors (Lipinski definition) is 4. The highest BCUT2D eigenvalue weighted by Crippen LogP contribution is 2.48. The van der Waals surface area contributed by atoms with E-state index in [9.17, 15) is 23.2 Å². The number of aromatic amines is 1. The van der Waals surface area contributed by atoms with Gasteiger partial charge < -0.3 is 25.2 Å². The van der Waals surface area contributed by atoms with Crippen LogP contribution in [0.3, 0.4) is 0 Å². The van der Waals surface area contributed by atoms with Crippen LogP contribution in [0.1, 0.15) is 23.7 Å². The fourth-order valence-corrected chi connectivity index (χ4v) is 2.54. The number of rotatable bonds is 9. The van der Waals surface area contributed by atoms with Gasteiger partial charge in [0.25, 0.3) is 23.4 Å². The van der Waals surface area contributed by atoms with E-state index in [0.29, 0.717) is 5.75 Å². The van der Waals surface area contributed by atoms with E-state index >= 15 is 0 Å². The minimum absolute atomic E-state index is 0.0618. The zero-order chi connectivity index (χ0) is 22.6. The van der Waals surface area contributed by atoms with Crippen LogP contribution in [0, 0.1) is 5.92 Å². The molecule has 10 nitrogen and oxygen atoms in total. The molecule has 2 amide bonds. The van der Waals surface area contributed by atoms with Crippen molar-refractivity contribution in [3.05, 3.63) is 46.4 Å².